The molecule has 10 nitrogen and oxygen atoms in total. The van der Waals surface area contributed by atoms with Gasteiger partial charge in [0.25, 0.3) is 11.6 Å². The van der Waals surface area contributed by atoms with Crippen LogP contribution in [0.5, 0.6) is 11.5 Å². The largest absolute Gasteiger partial charge is 0.493 e. The highest BCUT2D eigenvalue weighted by Crippen LogP contribution is 2.51. The number of hydrogen-bond donors (Lipinski definition) is 0. The topological polar surface area (TPSA) is 111 Å². The Bertz CT molecular complexity index is 1360. The molecule has 5 rings (SSSR count). The second-order valence-corrected chi connectivity index (χ2v) is 8.48. The maximum Gasteiger partial charge on any atom is 0.278 e. The first-order chi connectivity index (χ1) is 17.4. The average molecular weight is 489 g/mol. The number of rotatable bonds is 6. The number of para-hydroxylation sites is 2. The van der Waals surface area contributed by atoms with Crippen LogP contribution in [0.25, 0.3) is 0 Å². The lowest BCUT2D eigenvalue weighted by atomic mass is 9.89. The number of benzene rings is 3. The standard InChI is InChI=1S/C26H23N3O7/c1-15-9-7-8-12-18(15)27-25(30)22-23(17-13-20(34-2)21(35-3)14-19(17)29(32)33)28(36-24(22)26(27)31)16-10-5-4-6-11-16/h4-14,22-24H,1-3H3/t22-,23-,24-/m0/s1. The SMILES string of the molecule is COc1cc([C@H]2[C@@H]3C(=O)N(c4ccccc4C)C(=O)[C@H]3ON2c2ccccc2)c([N+](=O)[O-])cc1OC. The Morgan fingerprint density at radius 3 is 2.19 bits per heavy atom. The number of methoxy groups -OCH3 is 2. The van der Waals surface area contributed by atoms with Crippen molar-refractivity contribution in [3.05, 3.63) is 88.0 Å². The van der Waals surface area contributed by atoms with Crippen LogP contribution in [0.15, 0.2) is 66.7 Å². The molecule has 2 aliphatic rings. The molecule has 0 radical (unpaired) electrons. The first-order valence-electron chi connectivity index (χ1n) is 11.2. The fourth-order valence-corrected chi connectivity index (χ4v) is 4.86. The molecule has 3 aromatic carbocycles. The number of aryl methyl sites for hydroxylation is 1. The van der Waals surface area contributed by atoms with E-state index in [0.29, 0.717) is 11.4 Å². The van der Waals surface area contributed by atoms with Gasteiger partial charge in [0.2, 0.25) is 5.91 Å². The van der Waals surface area contributed by atoms with Crippen LogP contribution in [0.3, 0.4) is 0 Å². The Morgan fingerprint density at radius 2 is 1.56 bits per heavy atom. The number of nitro groups is 1. The van der Waals surface area contributed by atoms with E-state index in [2.05, 4.69) is 0 Å². The molecule has 10 heteroatoms. The third kappa shape index (κ3) is 3.54. The molecule has 0 bridgehead atoms. The summed E-state index contributed by atoms with van der Waals surface area (Å²) in [5.74, 6) is -1.63. The zero-order valence-electron chi connectivity index (χ0n) is 19.8. The molecule has 2 aliphatic heterocycles. The molecule has 2 heterocycles. The Morgan fingerprint density at radius 1 is 0.917 bits per heavy atom. The molecule has 0 unspecified atom stereocenters. The number of carbonyl (C=O) groups excluding carboxylic acids is 2. The van der Waals surface area contributed by atoms with Gasteiger partial charge >= 0.3 is 0 Å². The van der Waals surface area contributed by atoms with Crippen LogP contribution in [-0.2, 0) is 14.4 Å². The number of anilines is 2. The van der Waals surface area contributed by atoms with Crippen molar-refractivity contribution in [1.82, 2.24) is 0 Å². The minimum atomic E-state index is -1.16. The molecule has 184 valence electrons. The summed E-state index contributed by atoms with van der Waals surface area (Å²) in [7, 11) is 2.80. The lowest BCUT2D eigenvalue weighted by Gasteiger charge is -2.29. The monoisotopic (exact) mass is 489 g/mol. The van der Waals surface area contributed by atoms with E-state index in [9.17, 15) is 19.7 Å². The van der Waals surface area contributed by atoms with Crippen molar-refractivity contribution in [2.24, 2.45) is 5.92 Å². The molecule has 3 atom stereocenters. The fraction of sp³-hybridized carbons (Fsp3) is 0.231. The Hall–Kier alpha value is -4.44. The van der Waals surface area contributed by atoms with Crippen LogP contribution in [0.2, 0.25) is 0 Å². The Labute approximate surface area is 206 Å². The molecular formula is C26H23N3O7. The average Bonchev–Trinajstić information content (AvgIpc) is 3.39. The molecule has 0 saturated carbocycles. The molecule has 36 heavy (non-hydrogen) atoms. The third-order valence-electron chi connectivity index (χ3n) is 6.53. The summed E-state index contributed by atoms with van der Waals surface area (Å²) in [6.45, 7) is 1.80. The summed E-state index contributed by atoms with van der Waals surface area (Å²) in [6.07, 6.45) is -1.16. The number of amides is 2. The molecule has 2 saturated heterocycles. The van der Waals surface area contributed by atoms with Crippen LogP contribution in [0.4, 0.5) is 17.1 Å². The van der Waals surface area contributed by atoms with Crippen molar-refractivity contribution in [2.45, 2.75) is 19.1 Å². The van der Waals surface area contributed by atoms with E-state index < -0.39 is 34.8 Å². The van der Waals surface area contributed by atoms with Crippen molar-refractivity contribution in [3.8, 4) is 11.5 Å². The van der Waals surface area contributed by atoms with Crippen LogP contribution in [0, 0.1) is 23.0 Å². The summed E-state index contributed by atoms with van der Waals surface area (Å²) in [5.41, 5.74) is 1.63. The number of hydrogen-bond acceptors (Lipinski definition) is 8. The van der Waals surface area contributed by atoms with Crippen LogP contribution >= 0.6 is 0 Å². The van der Waals surface area contributed by atoms with Crippen LogP contribution in [0.1, 0.15) is 17.2 Å². The summed E-state index contributed by atoms with van der Waals surface area (Å²) < 4.78 is 10.7. The summed E-state index contributed by atoms with van der Waals surface area (Å²) >= 11 is 0. The minimum absolute atomic E-state index is 0.168. The normalized spacial score (nSPS) is 21.0. The number of nitrogens with zero attached hydrogens (tertiary/aromatic N) is 3. The smallest absolute Gasteiger partial charge is 0.278 e. The highest BCUT2D eigenvalue weighted by Gasteiger charge is 2.61. The second kappa shape index (κ2) is 8.97. The van der Waals surface area contributed by atoms with Gasteiger partial charge in [0.05, 0.1) is 42.1 Å². The fourth-order valence-electron chi connectivity index (χ4n) is 4.86. The summed E-state index contributed by atoms with van der Waals surface area (Å²) in [6, 6.07) is 17.6. The molecule has 2 fully saturated rings. The van der Waals surface area contributed by atoms with Crippen LogP contribution in [-0.4, -0.2) is 37.1 Å². The maximum atomic E-state index is 13.8. The van der Waals surface area contributed by atoms with Crippen molar-refractivity contribution in [2.75, 3.05) is 24.2 Å². The number of imide groups is 1. The van der Waals surface area contributed by atoms with Gasteiger partial charge in [-0.05, 0) is 36.8 Å². The zero-order valence-corrected chi connectivity index (χ0v) is 19.8. The molecule has 0 aliphatic carbocycles. The first-order valence-corrected chi connectivity index (χ1v) is 11.2. The van der Waals surface area contributed by atoms with E-state index in [-0.39, 0.29) is 22.7 Å². The molecule has 3 aromatic rings. The van der Waals surface area contributed by atoms with Crippen molar-refractivity contribution < 1.29 is 28.8 Å². The van der Waals surface area contributed by atoms with Gasteiger partial charge in [0.15, 0.2) is 17.6 Å². The predicted octanol–water partition coefficient (Wildman–Crippen LogP) is 3.97. The number of nitro benzene ring substituents is 1. The van der Waals surface area contributed by atoms with Gasteiger partial charge in [-0.3, -0.25) is 24.5 Å². The molecular weight excluding hydrogens is 466 g/mol. The summed E-state index contributed by atoms with van der Waals surface area (Å²) in [5, 5.41) is 13.6. The van der Waals surface area contributed by atoms with E-state index in [0.717, 1.165) is 10.5 Å². The van der Waals surface area contributed by atoms with E-state index in [4.69, 9.17) is 14.3 Å². The molecule has 2 amide bonds. The maximum absolute atomic E-state index is 13.8. The summed E-state index contributed by atoms with van der Waals surface area (Å²) in [4.78, 5) is 46.2. The van der Waals surface area contributed by atoms with Gasteiger partial charge in [0, 0.05) is 0 Å². The lowest BCUT2D eigenvalue weighted by Crippen LogP contribution is -2.37. The molecule has 0 spiro atoms. The zero-order chi connectivity index (χ0) is 25.6. The van der Waals surface area contributed by atoms with Crippen molar-refractivity contribution in [3.63, 3.8) is 0 Å². The number of hydroxylamine groups is 1. The first kappa shape index (κ1) is 23.3. The van der Waals surface area contributed by atoms with Gasteiger partial charge < -0.3 is 9.47 Å². The lowest BCUT2D eigenvalue weighted by molar-refractivity contribution is -0.385. The van der Waals surface area contributed by atoms with E-state index in [1.165, 1.54) is 31.4 Å². The van der Waals surface area contributed by atoms with Gasteiger partial charge in [0.1, 0.15) is 12.0 Å². The van der Waals surface area contributed by atoms with Gasteiger partial charge in [-0.15, -0.1) is 0 Å². The van der Waals surface area contributed by atoms with E-state index >= 15 is 0 Å². The number of fused-ring (bicyclic) bond motifs is 1. The van der Waals surface area contributed by atoms with Gasteiger partial charge in [-0.1, -0.05) is 36.4 Å². The van der Waals surface area contributed by atoms with Crippen LogP contribution < -0.4 is 19.4 Å². The quantitative estimate of drug-likeness (QED) is 0.291. The van der Waals surface area contributed by atoms with Crippen molar-refractivity contribution >= 4 is 28.9 Å². The molecule has 0 N–H and O–H groups in total. The minimum Gasteiger partial charge on any atom is -0.493 e. The van der Waals surface area contributed by atoms with Gasteiger partial charge in [-0.2, -0.15) is 0 Å². The van der Waals surface area contributed by atoms with Gasteiger partial charge in [-0.25, -0.2) is 9.96 Å². The van der Waals surface area contributed by atoms with E-state index in [1.54, 1.807) is 49.4 Å². The Kier molecular flexibility index (Phi) is 5.81. The predicted molar refractivity (Wildman–Crippen MR) is 130 cm³/mol. The number of carbonyl (C=O) groups is 2. The third-order valence-corrected chi connectivity index (χ3v) is 6.53. The van der Waals surface area contributed by atoms with Crippen molar-refractivity contribution in [1.29, 1.82) is 0 Å². The highest BCUT2D eigenvalue weighted by molar-refractivity contribution is 6.24. The second-order valence-electron chi connectivity index (χ2n) is 8.48. The molecule has 0 aromatic heterocycles. The highest BCUT2D eigenvalue weighted by atomic mass is 16.7. The number of ether oxygens (including phenoxy) is 2. The van der Waals surface area contributed by atoms with E-state index in [1.807, 2.05) is 12.1 Å². The Balaban J connectivity index is 1.70.